The van der Waals surface area contributed by atoms with Crippen LogP contribution in [0.5, 0.6) is 0 Å². The predicted molar refractivity (Wildman–Crippen MR) is 250 cm³/mol. The van der Waals surface area contributed by atoms with Gasteiger partial charge in [-0.2, -0.15) is 0 Å². The van der Waals surface area contributed by atoms with E-state index in [1.807, 2.05) is 6.08 Å². The van der Waals surface area contributed by atoms with Gasteiger partial charge in [-0.3, -0.25) is 9.59 Å². The lowest BCUT2D eigenvalue weighted by molar-refractivity contribution is -0.143. The molecule has 2 unspecified atom stereocenters. The second-order valence-corrected chi connectivity index (χ2v) is 17.5. The summed E-state index contributed by atoms with van der Waals surface area (Å²) in [6.07, 6.45) is 56.1. The van der Waals surface area contributed by atoms with Crippen LogP contribution in [0.25, 0.3) is 0 Å². The summed E-state index contributed by atoms with van der Waals surface area (Å²) in [5.74, 6) is -0.162. The molecular weight excluding hydrogens is 719 g/mol. The van der Waals surface area contributed by atoms with Crippen LogP contribution in [0, 0.1) is 0 Å². The van der Waals surface area contributed by atoms with Crippen LogP contribution < -0.4 is 5.32 Å². The maximum absolute atomic E-state index is 12.4. The number of ether oxygens (including phenoxy) is 1. The molecule has 6 nitrogen and oxygen atoms in total. The number of aliphatic hydroxyl groups is 2. The van der Waals surface area contributed by atoms with Crippen LogP contribution in [0.4, 0.5) is 0 Å². The molecule has 0 aliphatic rings. The van der Waals surface area contributed by atoms with Gasteiger partial charge in [-0.15, -0.1) is 0 Å². The normalized spacial score (nSPS) is 12.8. The first-order chi connectivity index (χ1) is 28.5. The number of allylic oxidation sites excluding steroid dienone is 3. The Morgan fingerprint density at radius 3 is 1.26 bits per heavy atom. The third kappa shape index (κ3) is 43.9. The number of rotatable bonds is 47. The summed E-state index contributed by atoms with van der Waals surface area (Å²) < 4.78 is 5.44. The summed E-state index contributed by atoms with van der Waals surface area (Å²) in [5.41, 5.74) is 0. The molecule has 3 N–H and O–H groups in total. The molecule has 0 saturated carbocycles. The molecule has 1 amide bonds. The van der Waals surface area contributed by atoms with Gasteiger partial charge >= 0.3 is 5.97 Å². The highest BCUT2D eigenvalue weighted by atomic mass is 16.5. The van der Waals surface area contributed by atoms with E-state index in [0.717, 1.165) is 70.6 Å². The second kappa shape index (κ2) is 48.0. The van der Waals surface area contributed by atoms with Crippen molar-refractivity contribution in [3.8, 4) is 0 Å². The van der Waals surface area contributed by atoms with Crippen molar-refractivity contribution in [2.45, 2.75) is 283 Å². The molecule has 0 bridgehead atoms. The van der Waals surface area contributed by atoms with Crippen molar-refractivity contribution >= 4 is 11.9 Å². The number of esters is 1. The maximum atomic E-state index is 12.4. The lowest BCUT2D eigenvalue weighted by atomic mass is 10.0. The number of amides is 1. The molecule has 0 spiro atoms. The van der Waals surface area contributed by atoms with Gasteiger partial charge in [0, 0.05) is 12.8 Å². The van der Waals surface area contributed by atoms with Gasteiger partial charge in [-0.05, 0) is 51.4 Å². The highest BCUT2D eigenvalue weighted by Gasteiger charge is 2.17. The lowest BCUT2D eigenvalue weighted by Crippen LogP contribution is -2.45. The van der Waals surface area contributed by atoms with Gasteiger partial charge in [0.15, 0.2) is 0 Å². The minimum atomic E-state index is -0.874. The quantitative estimate of drug-likeness (QED) is 0.0323. The molecule has 6 heteroatoms. The van der Waals surface area contributed by atoms with Crippen LogP contribution in [0.15, 0.2) is 24.3 Å². The van der Waals surface area contributed by atoms with Crippen LogP contribution in [0.1, 0.15) is 271 Å². The topological polar surface area (TPSA) is 95.9 Å². The molecule has 0 radical (unpaired) electrons. The smallest absolute Gasteiger partial charge is 0.305 e. The van der Waals surface area contributed by atoms with E-state index in [0.29, 0.717) is 19.4 Å². The van der Waals surface area contributed by atoms with E-state index in [4.69, 9.17) is 4.74 Å². The Morgan fingerprint density at radius 1 is 0.466 bits per heavy atom. The Labute approximate surface area is 361 Å². The maximum Gasteiger partial charge on any atom is 0.305 e. The molecular formula is C52H99NO5. The number of hydrogen-bond donors (Lipinski definition) is 3. The zero-order valence-corrected chi connectivity index (χ0v) is 38.8. The van der Waals surface area contributed by atoms with Crippen molar-refractivity contribution in [3.63, 3.8) is 0 Å². The fourth-order valence-electron chi connectivity index (χ4n) is 7.75. The molecule has 0 aliphatic heterocycles. The van der Waals surface area contributed by atoms with Crippen LogP contribution >= 0.6 is 0 Å². The monoisotopic (exact) mass is 818 g/mol. The van der Waals surface area contributed by atoms with Gasteiger partial charge < -0.3 is 20.3 Å². The number of carbonyl (C=O) groups excluding carboxylic acids is 2. The average Bonchev–Trinajstić information content (AvgIpc) is 3.22. The Bertz CT molecular complexity index is 904. The molecule has 0 aliphatic carbocycles. The summed E-state index contributed by atoms with van der Waals surface area (Å²) in [4.78, 5) is 24.4. The third-order valence-electron chi connectivity index (χ3n) is 11.7. The molecule has 0 rings (SSSR count). The number of unbranched alkanes of at least 4 members (excludes halogenated alkanes) is 34. The van der Waals surface area contributed by atoms with Gasteiger partial charge in [0.2, 0.25) is 5.91 Å². The first-order valence-corrected chi connectivity index (χ1v) is 25.6. The van der Waals surface area contributed by atoms with Crippen molar-refractivity contribution < 1.29 is 24.5 Å². The fourth-order valence-corrected chi connectivity index (χ4v) is 7.75. The van der Waals surface area contributed by atoms with Crippen molar-refractivity contribution in [3.05, 3.63) is 24.3 Å². The van der Waals surface area contributed by atoms with E-state index >= 15 is 0 Å². The summed E-state index contributed by atoms with van der Waals surface area (Å²) in [5, 5.41) is 23.0. The Hall–Kier alpha value is -1.66. The molecule has 0 aromatic rings. The second-order valence-electron chi connectivity index (χ2n) is 17.5. The SMILES string of the molecule is CCCCCCCCCCCCCCCC/C=C/C(O)C(CO)NC(=O)CCC/C=C\CCCCCCOC(=O)CCCCCCCCCCCCCCCCCC. The summed E-state index contributed by atoms with van der Waals surface area (Å²) in [7, 11) is 0. The third-order valence-corrected chi connectivity index (χ3v) is 11.7. The zero-order chi connectivity index (χ0) is 42.3. The molecule has 58 heavy (non-hydrogen) atoms. The minimum Gasteiger partial charge on any atom is -0.466 e. The van der Waals surface area contributed by atoms with Crippen LogP contribution in [-0.2, 0) is 14.3 Å². The Kier molecular flexibility index (Phi) is 46.6. The van der Waals surface area contributed by atoms with Crippen molar-refractivity contribution in [1.82, 2.24) is 5.32 Å². The standard InChI is InChI=1S/C52H99NO5/c1-3-5-7-9-11-13-15-17-19-21-23-25-28-32-36-40-44-50(55)49(48-54)53-51(56)45-41-37-33-29-27-31-35-39-43-47-58-52(57)46-42-38-34-30-26-24-22-20-18-16-14-12-10-8-6-4-2/h29,33,40,44,49-50,54-55H,3-28,30-32,34-39,41-43,45-48H2,1-2H3,(H,53,56)/b33-29-,44-40+. The first-order valence-electron chi connectivity index (χ1n) is 25.6. The molecule has 0 fully saturated rings. The highest BCUT2D eigenvalue weighted by molar-refractivity contribution is 5.76. The molecule has 0 saturated heterocycles. The predicted octanol–water partition coefficient (Wildman–Crippen LogP) is 15.1. The van der Waals surface area contributed by atoms with Crippen molar-refractivity contribution in [2.75, 3.05) is 13.2 Å². The molecule has 342 valence electrons. The number of carbonyl (C=O) groups is 2. The van der Waals surface area contributed by atoms with E-state index in [1.165, 1.54) is 173 Å². The van der Waals surface area contributed by atoms with E-state index in [2.05, 4.69) is 31.3 Å². The highest BCUT2D eigenvalue weighted by Crippen LogP contribution is 2.16. The summed E-state index contributed by atoms with van der Waals surface area (Å²) in [6, 6.07) is -0.664. The molecule has 0 heterocycles. The van der Waals surface area contributed by atoms with Crippen LogP contribution in [-0.4, -0.2) is 47.4 Å². The van der Waals surface area contributed by atoms with E-state index in [1.54, 1.807) is 6.08 Å². The molecule has 2 atom stereocenters. The van der Waals surface area contributed by atoms with Gasteiger partial charge in [-0.25, -0.2) is 0 Å². The number of aliphatic hydroxyl groups excluding tert-OH is 2. The van der Waals surface area contributed by atoms with E-state index < -0.39 is 12.1 Å². The number of nitrogens with one attached hydrogen (secondary N) is 1. The minimum absolute atomic E-state index is 0.0348. The van der Waals surface area contributed by atoms with Crippen molar-refractivity contribution in [2.24, 2.45) is 0 Å². The average molecular weight is 818 g/mol. The van der Waals surface area contributed by atoms with Gasteiger partial charge in [0.05, 0.1) is 25.4 Å². The fraction of sp³-hybridized carbons (Fsp3) is 0.885. The first kappa shape index (κ1) is 56.3. The number of hydrogen-bond acceptors (Lipinski definition) is 5. The largest absolute Gasteiger partial charge is 0.466 e. The van der Waals surface area contributed by atoms with Gasteiger partial charge in [-0.1, -0.05) is 231 Å². The Morgan fingerprint density at radius 2 is 0.828 bits per heavy atom. The molecule has 0 aromatic carbocycles. The lowest BCUT2D eigenvalue weighted by Gasteiger charge is -2.19. The zero-order valence-electron chi connectivity index (χ0n) is 38.8. The van der Waals surface area contributed by atoms with E-state index in [-0.39, 0.29) is 18.5 Å². The van der Waals surface area contributed by atoms with Gasteiger partial charge in [0.25, 0.3) is 0 Å². The Balaban J connectivity index is 3.56. The summed E-state index contributed by atoms with van der Waals surface area (Å²) in [6.45, 7) is 4.82. The van der Waals surface area contributed by atoms with Crippen LogP contribution in [0.2, 0.25) is 0 Å². The van der Waals surface area contributed by atoms with Crippen molar-refractivity contribution in [1.29, 1.82) is 0 Å². The van der Waals surface area contributed by atoms with E-state index in [9.17, 15) is 19.8 Å². The van der Waals surface area contributed by atoms with Gasteiger partial charge in [0.1, 0.15) is 0 Å². The van der Waals surface area contributed by atoms with Crippen LogP contribution in [0.3, 0.4) is 0 Å². The molecule has 0 aromatic heterocycles. The summed E-state index contributed by atoms with van der Waals surface area (Å²) >= 11 is 0.